The molecule has 0 radical (unpaired) electrons. The Morgan fingerprint density at radius 3 is 2.05 bits per heavy atom. The molecule has 0 spiro atoms. The predicted molar refractivity (Wildman–Crippen MR) is 143 cm³/mol. The third kappa shape index (κ3) is 6.15. The molecule has 4 unspecified atom stereocenters. The first kappa shape index (κ1) is 27.6. The molecule has 9 heteroatoms. The van der Waals surface area contributed by atoms with Gasteiger partial charge in [0.05, 0.1) is 0 Å². The zero-order valence-electron chi connectivity index (χ0n) is 23.4. The van der Waals surface area contributed by atoms with Crippen molar-refractivity contribution in [3.05, 3.63) is 47.5 Å². The molecule has 4 rings (SSSR count). The number of nitrogens with zero attached hydrogens (tertiary/aromatic N) is 3. The number of rotatable bonds is 10. The monoisotopic (exact) mass is 525 g/mol. The average molecular weight is 526 g/mol. The van der Waals surface area contributed by atoms with Gasteiger partial charge in [-0.2, -0.15) is 0 Å². The van der Waals surface area contributed by atoms with E-state index in [1.165, 1.54) is 6.92 Å². The van der Waals surface area contributed by atoms with Crippen LogP contribution in [0.25, 0.3) is 0 Å². The topological polar surface area (TPSA) is 80.8 Å². The molecule has 206 valence electrons. The zero-order valence-corrected chi connectivity index (χ0v) is 23.4. The summed E-state index contributed by atoms with van der Waals surface area (Å²) in [6.07, 6.45) is 0.903. The Morgan fingerprint density at radius 2 is 1.39 bits per heavy atom. The van der Waals surface area contributed by atoms with Crippen molar-refractivity contribution in [3.8, 4) is 23.0 Å². The van der Waals surface area contributed by atoms with Crippen LogP contribution in [0.1, 0.15) is 45.2 Å². The molecule has 4 atom stereocenters. The molecule has 2 aromatic rings. The van der Waals surface area contributed by atoms with E-state index in [2.05, 4.69) is 0 Å². The molecule has 0 aromatic heterocycles. The molecule has 0 bridgehead atoms. The van der Waals surface area contributed by atoms with Gasteiger partial charge in [-0.05, 0) is 83.1 Å². The number of amides is 2. The van der Waals surface area contributed by atoms with E-state index in [1.54, 1.807) is 4.90 Å². The van der Waals surface area contributed by atoms with Crippen LogP contribution in [0.4, 0.5) is 0 Å². The van der Waals surface area contributed by atoms with Crippen molar-refractivity contribution in [3.63, 3.8) is 0 Å². The fraction of sp³-hybridized carbons (Fsp3) is 0.517. The maximum absolute atomic E-state index is 12.7. The molecule has 0 saturated heterocycles. The van der Waals surface area contributed by atoms with Crippen LogP contribution in [0.2, 0.25) is 0 Å². The summed E-state index contributed by atoms with van der Waals surface area (Å²) in [6, 6.07) is 11.6. The highest BCUT2D eigenvalue weighted by molar-refractivity contribution is 5.77. The van der Waals surface area contributed by atoms with Crippen molar-refractivity contribution < 1.29 is 28.5 Å². The number of carbonyl (C=O) groups excluding carboxylic acids is 2. The van der Waals surface area contributed by atoms with Crippen LogP contribution in [0.15, 0.2) is 36.4 Å². The van der Waals surface area contributed by atoms with E-state index in [0.29, 0.717) is 36.5 Å². The SMILES string of the molecule is CC(=O)N(C(C)Cc1ccc2c(c1)OCO2)C1Oc2ccc(CC(C)N(C)C(=O)CC(C)N(C)C)cc2O1. The third-order valence-corrected chi connectivity index (χ3v) is 7.43. The van der Waals surface area contributed by atoms with Crippen LogP contribution < -0.4 is 18.9 Å². The molecule has 2 heterocycles. The average Bonchev–Trinajstić information content (AvgIpc) is 3.49. The Kier molecular flexibility index (Phi) is 8.35. The minimum atomic E-state index is -0.851. The minimum Gasteiger partial charge on any atom is -0.454 e. The van der Waals surface area contributed by atoms with Gasteiger partial charge in [0.15, 0.2) is 23.0 Å². The number of likely N-dealkylation sites (N-methyl/N-ethyl adjacent to an activating group) is 1. The van der Waals surface area contributed by atoms with Crippen molar-refractivity contribution in [2.24, 2.45) is 0 Å². The molecule has 0 aliphatic carbocycles. The van der Waals surface area contributed by atoms with Crippen molar-refractivity contribution in [2.75, 3.05) is 27.9 Å². The van der Waals surface area contributed by atoms with Crippen LogP contribution >= 0.6 is 0 Å². The lowest BCUT2D eigenvalue weighted by Crippen LogP contribution is -2.49. The van der Waals surface area contributed by atoms with Gasteiger partial charge < -0.3 is 28.7 Å². The van der Waals surface area contributed by atoms with Crippen LogP contribution in [-0.2, 0) is 22.4 Å². The summed E-state index contributed by atoms with van der Waals surface area (Å²) in [5.41, 5.74) is 2.06. The molecule has 0 N–H and O–H groups in total. The lowest BCUT2D eigenvalue weighted by molar-refractivity contribution is -0.157. The van der Waals surface area contributed by atoms with E-state index in [1.807, 2.05) is 88.1 Å². The standard InChI is InChI=1S/C29H39N3O6/c1-18(30(5)6)14-28(34)31(7)19(2)12-22-9-11-25-27(16-22)38-29(37-25)32(21(4)33)20(3)13-23-8-10-24-26(15-23)36-17-35-24/h8-11,15-16,18-20,29H,12-14,17H2,1-7H3. The number of fused-ring (bicyclic) bond motifs is 2. The largest absolute Gasteiger partial charge is 0.454 e. The van der Waals surface area contributed by atoms with Gasteiger partial charge in [0.2, 0.25) is 18.6 Å². The van der Waals surface area contributed by atoms with E-state index >= 15 is 0 Å². The Morgan fingerprint density at radius 1 is 0.816 bits per heavy atom. The van der Waals surface area contributed by atoms with Crippen molar-refractivity contribution >= 4 is 11.8 Å². The first-order chi connectivity index (χ1) is 18.0. The number of hydrogen-bond acceptors (Lipinski definition) is 7. The number of hydrogen-bond donors (Lipinski definition) is 0. The lowest BCUT2D eigenvalue weighted by atomic mass is 10.0. The van der Waals surface area contributed by atoms with Crippen LogP contribution in [-0.4, -0.2) is 79.0 Å². The minimum absolute atomic E-state index is 0.0171. The molecule has 2 aromatic carbocycles. The molecule has 38 heavy (non-hydrogen) atoms. The Labute approximate surface area is 225 Å². The van der Waals surface area contributed by atoms with E-state index in [0.717, 1.165) is 16.9 Å². The fourth-order valence-electron chi connectivity index (χ4n) is 4.70. The summed E-state index contributed by atoms with van der Waals surface area (Å²) in [5, 5.41) is 0. The molecule has 2 aliphatic rings. The second-order valence-electron chi connectivity index (χ2n) is 10.6. The summed E-state index contributed by atoms with van der Waals surface area (Å²) in [6.45, 7) is 7.80. The van der Waals surface area contributed by atoms with E-state index in [9.17, 15) is 9.59 Å². The van der Waals surface area contributed by atoms with Crippen molar-refractivity contribution in [1.82, 2.24) is 14.7 Å². The molecular formula is C29H39N3O6. The van der Waals surface area contributed by atoms with Gasteiger partial charge in [-0.25, -0.2) is 0 Å². The summed E-state index contributed by atoms with van der Waals surface area (Å²) >= 11 is 0. The molecule has 0 saturated carbocycles. The molecule has 9 nitrogen and oxygen atoms in total. The Bertz CT molecular complexity index is 1170. The van der Waals surface area contributed by atoms with Gasteiger partial charge in [-0.1, -0.05) is 12.1 Å². The van der Waals surface area contributed by atoms with Gasteiger partial charge in [0, 0.05) is 38.5 Å². The lowest BCUT2D eigenvalue weighted by Gasteiger charge is -2.31. The summed E-state index contributed by atoms with van der Waals surface area (Å²) in [4.78, 5) is 30.8. The quantitative estimate of drug-likeness (QED) is 0.468. The number of benzene rings is 2. The highest BCUT2D eigenvalue weighted by Crippen LogP contribution is 2.38. The van der Waals surface area contributed by atoms with Gasteiger partial charge in [-0.3, -0.25) is 14.5 Å². The first-order valence-corrected chi connectivity index (χ1v) is 13.1. The van der Waals surface area contributed by atoms with E-state index in [-0.39, 0.29) is 36.7 Å². The van der Waals surface area contributed by atoms with E-state index in [4.69, 9.17) is 18.9 Å². The third-order valence-electron chi connectivity index (χ3n) is 7.43. The van der Waals surface area contributed by atoms with Gasteiger partial charge in [-0.15, -0.1) is 0 Å². The number of carbonyl (C=O) groups is 2. The summed E-state index contributed by atoms with van der Waals surface area (Å²) in [5.74, 6) is 2.61. The van der Waals surface area contributed by atoms with Crippen LogP contribution in [0, 0.1) is 0 Å². The van der Waals surface area contributed by atoms with Crippen molar-refractivity contribution in [2.45, 2.75) is 71.5 Å². The molecule has 2 amide bonds. The Hall–Kier alpha value is -3.46. The Balaban J connectivity index is 1.39. The zero-order chi connectivity index (χ0) is 27.6. The molecular weight excluding hydrogens is 486 g/mol. The smallest absolute Gasteiger partial charge is 0.330 e. The van der Waals surface area contributed by atoms with Gasteiger partial charge in [0.25, 0.3) is 0 Å². The normalized spacial score (nSPS) is 17.7. The van der Waals surface area contributed by atoms with Crippen LogP contribution in [0.3, 0.4) is 0 Å². The van der Waals surface area contributed by atoms with Gasteiger partial charge in [0.1, 0.15) is 0 Å². The second kappa shape index (κ2) is 11.5. The maximum Gasteiger partial charge on any atom is 0.330 e. The highest BCUT2D eigenvalue weighted by Gasteiger charge is 2.35. The first-order valence-electron chi connectivity index (χ1n) is 13.1. The van der Waals surface area contributed by atoms with E-state index < -0.39 is 6.41 Å². The number of ether oxygens (including phenoxy) is 4. The maximum atomic E-state index is 12.7. The van der Waals surface area contributed by atoms with Crippen molar-refractivity contribution in [1.29, 1.82) is 0 Å². The summed E-state index contributed by atoms with van der Waals surface area (Å²) in [7, 11) is 5.81. The summed E-state index contributed by atoms with van der Waals surface area (Å²) < 4.78 is 23.1. The molecule has 2 aliphatic heterocycles. The van der Waals surface area contributed by atoms with Gasteiger partial charge >= 0.3 is 6.41 Å². The fourth-order valence-corrected chi connectivity index (χ4v) is 4.70. The second-order valence-corrected chi connectivity index (χ2v) is 10.6. The van der Waals surface area contributed by atoms with Crippen LogP contribution in [0.5, 0.6) is 23.0 Å². The highest BCUT2D eigenvalue weighted by atomic mass is 16.7. The molecule has 0 fully saturated rings. The predicted octanol–water partition coefficient (Wildman–Crippen LogP) is 3.68.